The highest BCUT2D eigenvalue weighted by molar-refractivity contribution is 6.63. The second-order valence-electron chi connectivity index (χ2n) is 9.62. The van der Waals surface area contributed by atoms with Crippen molar-refractivity contribution in [2.45, 2.75) is 4.30 Å². The number of amides is 4. The summed E-state index contributed by atoms with van der Waals surface area (Å²) in [5.74, 6) is -1.95. The van der Waals surface area contributed by atoms with Crippen LogP contribution in [0.1, 0.15) is 47.3 Å². The molecule has 10 nitrogen and oxygen atoms in total. The van der Waals surface area contributed by atoms with Gasteiger partial charge in [-0.1, -0.05) is 83.3 Å². The number of benzene rings is 4. The van der Waals surface area contributed by atoms with Gasteiger partial charge < -0.3 is 21.3 Å². The molecule has 0 bridgehead atoms. The highest BCUT2D eigenvalue weighted by Crippen LogP contribution is 2.24. The first-order chi connectivity index (χ1) is 23.1. The number of carbonyl (C=O) groups is 4. The van der Waals surface area contributed by atoms with Gasteiger partial charge in [0.05, 0.1) is 34.4 Å². The van der Waals surface area contributed by atoms with Gasteiger partial charge in [0.15, 0.2) is 4.30 Å². The van der Waals surface area contributed by atoms with Crippen LogP contribution in [0.25, 0.3) is 0 Å². The number of rotatable bonds is 8. The fraction of sp³-hybridized carbons (Fsp3) is 0.0286. The second-order valence-corrected chi connectivity index (χ2v) is 11.6. The molecule has 240 valence electrons. The lowest BCUT2D eigenvalue weighted by atomic mass is 10.1. The smallest absolute Gasteiger partial charge is 0.274 e. The second kappa shape index (κ2) is 17.3. The van der Waals surface area contributed by atoms with E-state index in [2.05, 4.69) is 26.3 Å². The number of aromatic nitrogens is 1. The number of anilines is 4. The molecule has 1 aromatic heterocycles. The summed E-state index contributed by atoms with van der Waals surface area (Å²) >= 11 is 14.4. The molecule has 0 aliphatic rings. The molecule has 0 aliphatic carbocycles. The quantitative estimate of drug-likeness (QED) is 0.121. The van der Waals surface area contributed by atoms with E-state index in [0.29, 0.717) is 39.4 Å². The fourth-order valence-corrected chi connectivity index (χ4v) is 4.14. The number of pyridine rings is 1. The molecule has 48 heavy (non-hydrogen) atoms. The number of nitriles is 1. The lowest BCUT2D eigenvalue weighted by Gasteiger charge is -2.13. The van der Waals surface area contributed by atoms with Gasteiger partial charge >= 0.3 is 0 Å². The monoisotopic (exact) mass is 698 g/mol. The Morgan fingerprint density at radius 1 is 0.500 bits per heavy atom. The molecule has 13 heteroatoms. The van der Waals surface area contributed by atoms with Crippen molar-refractivity contribution >= 4 is 81.2 Å². The average molecular weight is 700 g/mol. The maximum Gasteiger partial charge on any atom is 0.274 e. The summed E-state index contributed by atoms with van der Waals surface area (Å²) in [6.07, 6.45) is 0. The third-order valence-electron chi connectivity index (χ3n) is 6.37. The molecule has 1 heterocycles. The number of halogens is 3. The Kier molecular flexibility index (Phi) is 12.6. The van der Waals surface area contributed by atoms with Gasteiger partial charge in [0, 0.05) is 11.1 Å². The van der Waals surface area contributed by atoms with Crippen LogP contribution in [0.2, 0.25) is 0 Å². The van der Waals surface area contributed by atoms with E-state index in [9.17, 15) is 19.2 Å². The van der Waals surface area contributed by atoms with Gasteiger partial charge in [0.25, 0.3) is 23.6 Å². The van der Waals surface area contributed by atoms with Crippen molar-refractivity contribution in [3.8, 4) is 6.07 Å². The minimum atomic E-state index is -0.750. The van der Waals surface area contributed by atoms with Crippen molar-refractivity contribution in [3.63, 3.8) is 0 Å². The molecule has 5 aromatic rings. The number of carbonyl (C=O) groups excluding carboxylic acids is 4. The van der Waals surface area contributed by atoms with E-state index in [1.165, 1.54) is 42.5 Å². The standard InChI is InChI=1S/C34H24N6O4.CHCl3/c35-21-22-17-19-24(20-18-22)32(42)38-26-12-5-7-14-28(26)40-34(44)30-16-8-15-29(36-30)33(43)39-27-13-6-4-11-25(27)37-31(41)23-9-2-1-3-10-23;2-1(3)4/h1-20H,(H,37,41)(H,38,42)(H,39,43)(H,40,44);1H. The number of nitrogens with one attached hydrogen (secondary N) is 4. The van der Waals surface area contributed by atoms with Crippen LogP contribution >= 0.6 is 34.8 Å². The van der Waals surface area contributed by atoms with E-state index in [1.807, 2.05) is 12.1 Å². The SMILES string of the molecule is ClC(Cl)Cl.N#Cc1ccc(C(=O)Nc2ccccc2NC(=O)c2cccc(C(=O)Nc3ccccc3NC(=O)c3ccccc3)n2)cc1. The minimum absolute atomic E-state index is 0.0238. The Morgan fingerprint density at radius 3 is 1.25 bits per heavy atom. The Hall–Kier alpha value is -5.73. The van der Waals surface area contributed by atoms with Crippen LogP contribution in [0, 0.1) is 11.3 Å². The maximum atomic E-state index is 13.1. The third-order valence-corrected chi connectivity index (χ3v) is 6.37. The molecule has 0 fully saturated rings. The number of hydrogen-bond donors (Lipinski definition) is 4. The molecule has 0 unspecified atom stereocenters. The van der Waals surface area contributed by atoms with Crippen molar-refractivity contribution in [2.75, 3.05) is 21.3 Å². The predicted molar refractivity (Wildman–Crippen MR) is 188 cm³/mol. The van der Waals surface area contributed by atoms with E-state index in [1.54, 1.807) is 72.8 Å². The molecule has 5 rings (SSSR count). The number of hydrogen-bond acceptors (Lipinski definition) is 6. The van der Waals surface area contributed by atoms with Crippen LogP contribution in [0.5, 0.6) is 0 Å². The molecule has 0 aliphatic heterocycles. The van der Waals surface area contributed by atoms with Gasteiger partial charge in [0.1, 0.15) is 11.4 Å². The molecule has 0 saturated heterocycles. The summed E-state index contributed by atoms with van der Waals surface area (Å²) in [5, 5.41) is 20.0. The van der Waals surface area contributed by atoms with Crippen molar-refractivity contribution in [1.29, 1.82) is 5.26 Å². The van der Waals surface area contributed by atoms with E-state index in [4.69, 9.17) is 40.1 Å². The first-order valence-corrected chi connectivity index (χ1v) is 15.3. The largest absolute Gasteiger partial charge is 0.320 e. The summed E-state index contributed by atoms with van der Waals surface area (Å²) in [6.45, 7) is 0. The highest BCUT2D eigenvalue weighted by atomic mass is 35.6. The molecule has 0 spiro atoms. The Bertz CT molecular complexity index is 1960. The third kappa shape index (κ3) is 10.1. The Labute approximate surface area is 290 Å². The number of para-hydroxylation sites is 4. The lowest BCUT2D eigenvalue weighted by Crippen LogP contribution is -2.20. The molecule has 0 saturated carbocycles. The highest BCUT2D eigenvalue weighted by Gasteiger charge is 2.17. The zero-order chi connectivity index (χ0) is 34.5. The molecular formula is C35H25Cl3N6O4. The number of nitrogens with zero attached hydrogens (tertiary/aromatic N) is 2. The minimum Gasteiger partial charge on any atom is -0.320 e. The predicted octanol–water partition coefficient (Wildman–Crippen LogP) is 7.95. The van der Waals surface area contributed by atoms with E-state index in [0.717, 1.165) is 0 Å². The molecule has 4 aromatic carbocycles. The van der Waals surface area contributed by atoms with Gasteiger partial charge in [-0.2, -0.15) is 5.26 Å². The van der Waals surface area contributed by atoms with Gasteiger partial charge in [0.2, 0.25) is 0 Å². The summed E-state index contributed by atoms with van der Waals surface area (Å²) in [7, 11) is 0. The van der Waals surface area contributed by atoms with E-state index < -0.39 is 22.0 Å². The fourth-order valence-electron chi connectivity index (χ4n) is 4.14. The summed E-state index contributed by atoms with van der Waals surface area (Å²) in [5.41, 5.74) is 2.58. The number of alkyl halides is 3. The van der Waals surface area contributed by atoms with Crippen molar-refractivity contribution < 1.29 is 19.2 Å². The molecule has 0 radical (unpaired) electrons. The zero-order valence-electron chi connectivity index (χ0n) is 24.8. The molecule has 0 atom stereocenters. The Morgan fingerprint density at radius 2 is 0.854 bits per heavy atom. The first kappa shape index (κ1) is 35.1. The van der Waals surface area contributed by atoms with Gasteiger partial charge in [-0.15, -0.1) is 0 Å². The van der Waals surface area contributed by atoms with Crippen LogP contribution in [0.3, 0.4) is 0 Å². The maximum absolute atomic E-state index is 13.1. The topological polar surface area (TPSA) is 153 Å². The van der Waals surface area contributed by atoms with Crippen LogP contribution in [-0.4, -0.2) is 32.9 Å². The van der Waals surface area contributed by atoms with Crippen LogP contribution in [0.4, 0.5) is 22.7 Å². The summed E-state index contributed by atoms with van der Waals surface area (Å²) < 4.78 is -0.750. The average Bonchev–Trinajstić information content (AvgIpc) is 3.10. The van der Waals surface area contributed by atoms with Crippen LogP contribution in [-0.2, 0) is 0 Å². The molecular weight excluding hydrogens is 675 g/mol. The van der Waals surface area contributed by atoms with Crippen molar-refractivity contribution in [3.05, 3.63) is 149 Å². The normalized spacial score (nSPS) is 10.1. The van der Waals surface area contributed by atoms with Gasteiger partial charge in [-0.25, -0.2) is 4.98 Å². The van der Waals surface area contributed by atoms with Gasteiger partial charge in [-0.3, -0.25) is 19.2 Å². The lowest BCUT2D eigenvalue weighted by molar-refractivity contribution is 0.100. The molecule has 4 amide bonds. The summed E-state index contributed by atoms with van der Waals surface area (Å²) in [6, 6.07) is 34.6. The van der Waals surface area contributed by atoms with E-state index in [-0.39, 0.29) is 17.3 Å². The molecule has 4 N–H and O–H groups in total. The first-order valence-electron chi connectivity index (χ1n) is 14.0. The summed E-state index contributed by atoms with van der Waals surface area (Å²) in [4.78, 5) is 55.9. The van der Waals surface area contributed by atoms with Crippen molar-refractivity contribution in [2.24, 2.45) is 0 Å². The van der Waals surface area contributed by atoms with Crippen LogP contribution < -0.4 is 21.3 Å². The van der Waals surface area contributed by atoms with Crippen molar-refractivity contribution in [1.82, 2.24) is 4.98 Å². The van der Waals surface area contributed by atoms with Crippen LogP contribution in [0.15, 0.2) is 121 Å². The Balaban J connectivity index is 0.00000123. The van der Waals surface area contributed by atoms with Gasteiger partial charge in [-0.05, 0) is 72.8 Å². The zero-order valence-corrected chi connectivity index (χ0v) is 27.1. The van der Waals surface area contributed by atoms with E-state index >= 15 is 0 Å².